The van der Waals surface area contributed by atoms with E-state index in [0.717, 1.165) is 19.3 Å². The maximum absolute atomic E-state index is 11.5. The van der Waals surface area contributed by atoms with Gasteiger partial charge in [-0.05, 0) is 31.9 Å². The molecule has 1 aromatic heterocycles. The van der Waals surface area contributed by atoms with Crippen LogP contribution >= 0.6 is 0 Å². The van der Waals surface area contributed by atoms with Crippen molar-refractivity contribution in [2.75, 3.05) is 33.0 Å². The van der Waals surface area contributed by atoms with Gasteiger partial charge in [-0.1, -0.05) is 53.9 Å². The summed E-state index contributed by atoms with van der Waals surface area (Å²) in [6, 6.07) is 3.45. The van der Waals surface area contributed by atoms with Gasteiger partial charge >= 0.3 is 0 Å². The van der Waals surface area contributed by atoms with Crippen LogP contribution < -0.4 is 5.32 Å². The predicted octanol–water partition coefficient (Wildman–Crippen LogP) is 5.46. The smallest absolute Gasteiger partial charge is 0.252 e. The summed E-state index contributed by atoms with van der Waals surface area (Å²) >= 11 is 0. The number of nitrogens with one attached hydrogen (secondary N) is 1. The third kappa shape index (κ3) is 17.6. The zero-order chi connectivity index (χ0) is 23.7. The molecule has 0 spiro atoms. The fourth-order valence-corrected chi connectivity index (χ4v) is 2.91. The number of Topliss-reactive ketones (excluding diaryl/α,β-unsaturated/α-hetero) is 1. The molecule has 2 rings (SSSR count). The van der Waals surface area contributed by atoms with Gasteiger partial charge in [0.15, 0.2) is 0 Å². The first-order chi connectivity index (χ1) is 15.2. The van der Waals surface area contributed by atoms with E-state index >= 15 is 0 Å². The van der Waals surface area contributed by atoms with Gasteiger partial charge in [0, 0.05) is 37.9 Å². The van der Waals surface area contributed by atoms with Gasteiger partial charge in [-0.3, -0.25) is 14.6 Å². The molecule has 0 aromatic carbocycles. The second-order valence-corrected chi connectivity index (χ2v) is 6.46. The number of carbonyl (C=O) groups is 2. The predicted molar refractivity (Wildman–Crippen MR) is 128 cm³/mol. The van der Waals surface area contributed by atoms with E-state index in [1.165, 1.54) is 25.5 Å². The molecule has 0 radical (unpaired) electrons. The summed E-state index contributed by atoms with van der Waals surface area (Å²) in [4.78, 5) is 26.6. The summed E-state index contributed by atoms with van der Waals surface area (Å²) in [5, 5.41) is 2.75. The molecule has 1 aromatic rings. The summed E-state index contributed by atoms with van der Waals surface area (Å²) in [7, 11) is 0. The number of hydrogen-bond donors (Lipinski definition) is 1. The minimum atomic E-state index is -0.133. The van der Waals surface area contributed by atoms with E-state index in [2.05, 4.69) is 10.3 Å². The topological polar surface area (TPSA) is 77.5 Å². The molecule has 1 aliphatic carbocycles. The highest BCUT2D eigenvalue weighted by molar-refractivity contribution is 5.93. The highest BCUT2D eigenvalue weighted by Crippen LogP contribution is 2.24. The second-order valence-electron chi connectivity index (χ2n) is 6.46. The Labute approximate surface area is 190 Å². The molecule has 0 saturated heterocycles. The van der Waals surface area contributed by atoms with E-state index in [1.807, 2.05) is 41.5 Å². The van der Waals surface area contributed by atoms with Crippen molar-refractivity contribution in [2.45, 2.75) is 80.1 Å². The maximum Gasteiger partial charge on any atom is 0.252 e. The second kappa shape index (κ2) is 24.5. The number of carbonyl (C=O) groups excluding carboxylic acids is 2. The van der Waals surface area contributed by atoms with Crippen molar-refractivity contribution in [3.63, 3.8) is 0 Å². The van der Waals surface area contributed by atoms with Gasteiger partial charge in [-0.15, -0.1) is 0 Å². The van der Waals surface area contributed by atoms with Crippen molar-refractivity contribution >= 4 is 11.7 Å². The highest BCUT2D eigenvalue weighted by atomic mass is 16.5. The molecule has 0 unspecified atom stereocenters. The Morgan fingerprint density at radius 3 is 2.19 bits per heavy atom. The van der Waals surface area contributed by atoms with Crippen LogP contribution in [0.15, 0.2) is 24.5 Å². The molecule has 180 valence electrons. The first-order valence-corrected chi connectivity index (χ1v) is 12.0. The van der Waals surface area contributed by atoms with E-state index in [1.54, 1.807) is 18.3 Å². The zero-order valence-corrected chi connectivity index (χ0v) is 20.7. The molecule has 1 N–H and O–H groups in total. The molecule has 31 heavy (non-hydrogen) atoms. The monoisotopic (exact) mass is 438 g/mol. The molecule has 6 heteroatoms. The van der Waals surface area contributed by atoms with E-state index in [9.17, 15) is 9.59 Å². The van der Waals surface area contributed by atoms with Crippen LogP contribution in [0.2, 0.25) is 0 Å². The van der Waals surface area contributed by atoms with Crippen LogP contribution in [0.5, 0.6) is 0 Å². The largest absolute Gasteiger partial charge is 0.379 e. The highest BCUT2D eigenvalue weighted by Gasteiger charge is 2.18. The molecule has 1 amide bonds. The lowest BCUT2D eigenvalue weighted by Crippen LogP contribution is -2.27. The normalized spacial score (nSPS) is 12.7. The lowest BCUT2D eigenvalue weighted by Gasteiger charge is -2.19. The SMILES string of the molecule is CC.CC.CCC(=O)C1CCCCC1.CCOCCOCCNC(=O)c1cccnc1. The Morgan fingerprint density at radius 2 is 1.65 bits per heavy atom. The van der Waals surface area contributed by atoms with E-state index in [0.29, 0.717) is 50.2 Å². The third-order valence-corrected chi connectivity index (χ3v) is 4.44. The maximum atomic E-state index is 11.5. The van der Waals surface area contributed by atoms with Gasteiger partial charge < -0.3 is 14.8 Å². The molecular weight excluding hydrogens is 392 g/mol. The zero-order valence-electron chi connectivity index (χ0n) is 20.7. The molecule has 0 bridgehead atoms. The van der Waals surface area contributed by atoms with Crippen LogP contribution in [0.1, 0.15) is 90.4 Å². The van der Waals surface area contributed by atoms with Crippen LogP contribution in [-0.4, -0.2) is 49.6 Å². The molecular formula is C25H46N2O4. The van der Waals surface area contributed by atoms with E-state index in [-0.39, 0.29) is 5.91 Å². The standard InChI is InChI=1S/C12H18N2O3.C9H16O.2C2H6/c1-2-16-8-9-17-7-6-14-12(15)11-4-3-5-13-10-11;1-2-9(10)8-6-4-3-5-7-8;2*1-2/h3-5,10H,2,6-9H2,1H3,(H,14,15);8H,2-7H2,1H3;2*1-2H3. The van der Waals surface area contributed by atoms with Gasteiger partial charge in [-0.2, -0.15) is 0 Å². The van der Waals surface area contributed by atoms with Crippen molar-refractivity contribution in [1.29, 1.82) is 0 Å². The minimum Gasteiger partial charge on any atom is -0.379 e. The van der Waals surface area contributed by atoms with Crippen LogP contribution in [0.4, 0.5) is 0 Å². The summed E-state index contributed by atoms with van der Waals surface area (Å²) in [5.41, 5.74) is 0.557. The minimum absolute atomic E-state index is 0.133. The average molecular weight is 439 g/mol. The number of amides is 1. The molecule has 6 nitrogen and oxygen atoms in total. The van der Waals surface area contributed by atoms with Crippen LogP contribution in [0.25, 0.3) is 0 Å². The van der Waals surface area contributed by atoms with Crippen molar-refractivity contribution in [2.24, 2.45) is 5.92 Å². The number of rotatable bonds is 10. The molecule has 0 aliphatic heterocycles. The number of hydrogen-bond acceptors (Lipinski definition) is 5. The summed E-state index contributed by atoms with van der Waals surface area (Å²) in [6.45, 7) is 14.7. The number of nitrogens with zero attached hydrogens (tertiary/aromatic N) is 1. The van der Waals surface area contributed by atoms with Gasteiger partial charge in [0.05, 0.1) is 25.4 Å². The molecule has 1 saturated carbocycles. The van der Waals surface area contributed by atoms with Crippen LogP contribution in [0, 0.1) is 5.92 Å². The Balaban J connectivity index is 0. The Hall–Kier alpha value is -1.79. The summed E-state index contributed by atoms with van der Waals surface area (Å²) < 4.78 is 10.4. The van der Waals surface area contributed by atoms with E-state index < -0.39 is 0 Å². The summed E-state index contributed by atoms with van der Waals surface area (Å²) in [5.74, 6) is 0.782. The quantitative estimate of drug-likeness (QED) is 0.491. The Kier molecular flexibility index (Phi) is 24.8. The third-order valence-electron chi connectivity index (χ3n) is 4.44. The molecule has 1 aliphatic rings. The lowest BCUT2D eigenvalue weighted by atomic mass is 9.85. The van der Waals surface area contributed by atoms with Gasteiger partial charge in [0.2, 0.25) is 0 Å². The van der Waals surface area contributed by atoms with Crippen LogP contribution in [-0.2, 0) is 14.3 Å². The molecule has 1 fully saturated rings. The fraction of sp³-hybridized carbons (Fsp3) is 0.720. The molecule has 0 atom stereocenters. The lowest BCUT2D eigenvalue weighted by molar-refractivity contribution is -0.123. The fourth-order valence-electron chi connectivity index (χ4n) is 2.91. The van der Waals surface area contributed by atoms with Gasteiger partial charge in [0.1, 0.15) is 5.78 Å². The first kappa shape index (κ1) is 31.4. The van der Waals surface area contributed by atoms with Gasteiger partial charge in [0.25, 0.3) is 5.91 Å². The number of aromatic nitrogens is 1. The van der Waals surface area contributed by atoms with E-state index in [4.69, 9.17) is 9.47 Å². The van der Waals surface area contributed by atoms with Crippen LogP contribution in [0.3, 0.4) is 0 Å². The number of ether oxygens (including phenoxy) is 2. The van der Waals surface area contributed by atoms with Crippen molar-refractivity contribution in [3.05, 3.63) is 30.1 Å². The number of ketones is 1. The Bertz CT molecular complexity index is 518. The molecule has 1 heterocycles. The van der Waals surface area contributed by atoms with Crippen molar-refractivity contribution in [3.8, 4) is 0 Å². The Morgan fingerprint density at radius 1 is 1.00 bits per heavy atom. The number of pyridine rings is 1. The average Bonchev–Trinajstić information content (AvgIpc) is 2.86. The first-order valence-electron chi connectivity index (χ1n) is 12.0. The summed E-state index contributed by atoms with van der Waals surface area (Å²) in [6.07, 6.45) is 10.1. The van der Waals surface area contributed by atoms with Crippen molar-refractivity contribution < 1.29 is 19.1 Å². The van der Waals surface area contributed by atoms with Crippen molar-refractivity contribution in [1.82, 2.24) is 10.3 Å². The van der Waals surface area contributed by atoms with Gasteiger partial charge in [-0.25, -0.2) is 0 Å².